The van der Waals surface area contributed by atoms with Crippen molar-refractivity contribution in [3.63, 3.8) is 0 Å². The molecule has 0 saturated carbocycles. The monoisotopic (exact) mass is 407 g/mol. The average Bonchev–Trinajstić information content (AvgIpc) is 3.32. The van der Waals surface area contributed by atoms with Gasteiger partial charge in [0, 0.05) is 36.5 Å². The molecule has 0 bridgehead atoms. The van der Waals surface area contributed by atoms with Gasteiger partial charge in [0.2, 0.25) is 5.91 Å². The van der Waals surface area contributed by atoms with Gasteiger partial charge >= 0.3 is 0 Å². The number of carbonyl (C=O) groups is 2. The fraction of sp³-hybridized carbons (Fsp3) is 0.217. The quantitative estimate of drug-likeness (QED) is 0.746. The SMILES string of the molecule is C=CC(=C)N1CCC(N2Cc3c(C(N)=O)cc(-c4c(O)cccc4F)cc3C2=O)C1. The number of likely N-dealkylation sites (tertiary alicyclic amines) is 1. The Labute approximate surface area is 173 Å². The van der Waals surface area contributed by atoms with Crippen molar-refractivity contribution in [2.75, 3.05) is 13.1 Å². The standard InChI is InChI=1S/C23H22FN3O3/c1-3-13(2)26-8-7-15(11-26)27-12-18-16(22(25)29)9-14(10-17(18)23(27)30)21-19(24)5-4-6-20(21)28/h3-6,9-10,15,28H,1-2,7-8,11-12H2,(H2,25,29). The molecule has 1 saturated heterocycles. The van der Waals surface area contributed by atoms with Crippen LogP contribution in [0.5, 0.6) is 5.75 Å². The van der Waals surface area contributed by atoms with Crippen molar-refractivity contribution >= 4 is 11.8 Å². The summed E-state index contributed by atoms with van der Waals surface area (Å²) in [6.07, 6.45) is 2.45. The minimum atomic E-state index is -0.702. The third-order valence-electron chi connectivity index (χ3n) is 5.86. The van der Waals surface area contributed by atoms with E-state index in [-0.39, 0.29) is 40.9 Å². The number of primary amides is 1. The topological polar surface area (TPSA) is 86.9 Å². The molecule has 1 atom stereocenters. The summed E-state index contributed by atoms with van der Waals surface area (Å²) in [4.78, 5) is 29.1. The Balaban J connectivity index is 1.74. The number of hydrogen-bond acceptors (Lipinski definition) is 4. The second kappa shape index (κ2) is 7.33. The number of rotatable bonds is 5. The summed E-state index contributed by atoms with van der Waals surface area (Å²) in [7, 11) is 0. The molecule has 2 aromatic rings. The molecule has 3 N–H and O–H groups in total. The van der Waals surface area contributed by atoms with Crippen LogP contribution in [0.4, 0.5) is 4.39 Å². The minimum absolute atomic E-state index is 0.0485. The van der Waals surface area contributed by atoms with Crippen LogP contribution in [-0.2, 0) is 6.54 Å². The predicted octanol–water partition coefficient (Wildman–Crippen LogP) is 3.03. The first-order chi connectivity index (χ1) is 14.3. The van der Waals surface area contributed by atoms with Gasteiger partial charge in [-0.1, -0.05) is 19.2 Å². The second-order valence-electron chi connectivity index (χ2n) is 7.57. The van der Waals surface area contributed by atoms with Crippen molar-refractivity contribution in [1.82, 2.24) is 9.80 Å². The van der Waals surface area contributed by atoms with Crippen molar-refractivity contribution in [1.29, 1.82) is 0 Å². The highest BCUT2D eigenvalue weighted by atomic mass is 19.1. The van der Waals surface area contributed by atoms with E-state index in [9.17, 15) is 19.1 Å². The van der Waals surface area contributed by atoms with Gasteiger partial charge in [0.25, 0.3) is 5.91 Å². The summed E-state index contributed by atoms with van der Waals surface area (Å²) in [5.74, 6) is -1.86. The Bertz CT molecular complexity index is 1080. The van der Waals surface area contributed by atoms with Crippen LogP contribution < -0.4 is 5.73 Å². The number of carbonyl (C=O) groups excluding carboxylic acids is 2. The molecule has 1 fully saturated rings. The number of halogens is 1. The summed E-state index contributed by atoms with van der Waals surface area (Å²) < 4.78 is 14.4. The van der Waals surface area contributed by atoms with E-state index in [0.717, 1.165) is 18.7 Å². The number of nitrogens with two attached hydrogens (primary N) is 1. The van der Waals surface area contributed by atoms with Crippen molar-refractivity contribution in [2.45, 2.75) is 19.0 Å². The molecule has 4 rings (SSSR count). The number of allylic oxidation sites excluding steroid dienone is 1. The van der Waals surface area contributed by atoms with Crippen LogP contribution in [0.3, 0.4) is 0 Å². The van der Waals surface area contributed by atoms with Crippen LogP contribution >= 0.6 is 0 Å². The first-order valence-electron chi connectivity index (χ1n) is 9.63. The molecule has 2 aliphatic heterocycles. The molecule has 7 heteroatoms. The van der Waals surface area contributed by atoms with E-state index < -0.39 is 11.7 Å². The van der Waals surface area contributed by atoms with Gasteiger partial charge in [0.1, 0.15) is 11.6 Å². The lowest BCUT2D eigenvalue weighted by Crippen LogP contribution is -2.37. The van der Waals surface area contributed by atoms with Gasteiger partial charge in [-0.25, -0.2) is 4.39 Å². The Morgan fingerprint density at radius 2 is 2.10 bits per heavy atom. The molecule has 0 aliphatic carbocycles. The lowest BCUT2D eigenvalue weighted by Gasteiger charge is -2.25. The van der Waals surface area contributed by atoms with E-state index in [2.05, 4.69) is 18.1 Å². The molecule has 2 heterocycles. The number of aromatic hydroxyl groups is 1. The van der Waals surface area contributed by atoms with Crippen LogP contribution in [0.2, 0.25) is 0 Å². The maximum atomic E-state index is 14.4. The van der Waals surface area contributed by atoms with E-state index in [0.29, 0.717) is 17.7 Å². The van der Waals surface area contributed by atoms with Gasteiger partial charge in [-0.3, -0.25) is 9.59 Å². The Hall–Kier alpha value is -3.61. The van der Waals surface area contributed by atoms with E-state index in [4.69, 9.17) is 5.73 Å². The summed E-state index contributed by atoms with van der Waals surface area (Å²) in [5, 5.41) is 10.1. The molecule has 2 aromatic carbocycles. The van der Waals surface area contributed by atoms with Crippen molar-refractivity contribution < 1.29 is 19.1 Å². The van der Waals surface area contributed by atoms with Gasteiger partial charge in [0.05, 0.1) is 11.6 Å². The molecular weight excluding hydrogens is 385 g/mol. The highest BCUT2D eigenvalue weighted by molar-refractivity contribution is 6.06. The molecular formula is C23H22FN3O3. The number of fused-ring (bicyclic) bond motifs is 1. The second-order valence-corrected chi connectivity index (χ2v) is 7.57. The van der Waals surface area contributed by atoms with Gasteiger partial charge < -0.3 is 20.6 Å². The van der Waals surface area contributed by atoms with E-state index in [1.165, 1.54) is 30.3 Å². The van der Waals surface area contributed by atoms with Crippen LogP contribution in [0.15, 0.2) is 55.3 Å². The minimum Gasteiger partial charge on any atom is -0.507 e. The van der Waals surface area contributed by atoms with E-state index in [1.54, 1.807) is 11.0 Å². The lowest BCUT2D eigenvalue weighted by molar-refractivity contribution is 0.0709. The fourth-order valence-electron chi connectivity index (χ4n) is 4.27. The number of hydrogen-bond donors (Lipinski definition) is 2. The van der Waals surface area contributed by atoms with Crippen LogP contribution in [0.25, 0.3) is 11.1 Å². The summed E-state index contributed by atoms with van der Waals surface area (Å²) in [5.41, 5.74) is 7.56. The number of phenols is 1. The van der Waals surface area contributed by atoms with Gasteiger partial charge in [-0.2, -0.15) is 0 Å². The van der Waals surface area contributed by atoms with E-state index >= 15 is 0 Å². The molecule has 1 unspecified atom stereocenters. The molecule has 30 heavy (non-hydrogen) atoms. The Morgan fingerprint density at radius 3 is 2.77 bits per heavy atom. The Kier molecular flexibility index (Phi) is 4.81. The summed E-state index contributed by atoms with van der Waals surface area (Å²) >= 11 is 0. The zero-order valence-electron chi connectivity index (χ0n) is 16.4. The molecule has 2 aliphatic rings. The summed E-state index contributed by atoms with van der Waals surface area (Å²) in [6.45, 7) is 9.33. The normalized spacial score (nSPS) is 17.9. The maximum absolute atomic E-state index is 14.4. The van der Waals surface area contributed by atoms with Crippen LogP contribution in [0.1, 0.15) is 32.7 Å². The molecule has 154 valence electrons. The molecule has 0 radical (unpaired) electrons. The van der Waals surface area contributed by atoms with Crippen molar-refractivity contribution in [3.05, 3.63) is 77.8 Å². The van der Waals surface area contributed by atoms with Crippen molar-refractivity contribution in [3.8, 4) is 16.9 Å². The number of amides is 2. The van der Waals surface area contributed by atoms with Crippen molar-refractivity contribution in [2.24, 2.45) is 5.73 Å². The largest absolute Gasteiger partial charge is 0.507 e. The third-order valence-corrected chi connectivity index (χ3v) is 5.86. The average molecular weight is 407 g/mol. The fourth-order valence-corrected chi connectivity index (χ4v) is 4.27. The highest BCUT2D eigenvalue weighted by Gasteiger charge is 2.38. The third kappa shape index (κ3) is 3.12. The molecule has 6 nitrogen and oxygen atoms in total. The smallest absolute Gasteiger partial charge is 0.254 e. The molecule has 0 aromatic heterocycles. The molecule has 0 spiro atoms. The summed E-state index contributed by atoms with van der Waals surface area (Å²) in [6, 6.07) is 6.86. The highest BCUT2D eigenvalue weighted by Crippen LogP contribution is 2.38. The zero-order valence-corrected chi connectivity index (χ0v) is 16.4. The number of benzene rings is 2. The first-order valence-corrected chi connectivity index (χ1v) is 9.63. The predicted molar refractivity (Wildman–Crippen MR) is 111 cm³/mol. The lowest BCUT2D eigenvalue weighted by atomic mass is 9.94. The Morgan fingerprint density at radius 1 is 1.33 bits per heavy atom. The number of nitrogens with zero attached hydrogens (tertiary/aromatic N) is 2. The van der Waals surface area contributed by atoms with Gasteiger partial charge in [-0.05, 0) is 47.9 Å². The first kappa shape index (κ1) is 19.7. The van der Waals surface area contributed by atoms with Gasteiger partial charge in [0.15, 0.2) is 0 Å². The van der Waals surface area contributed by atoms with Crippen LogP contribution in [0, 0.1) is 5.82 Å². The molecule has 2 amide bonds. The number of phenolic OH excluding ortho intramolecular Hbond substituents is 1. The zero-order chi connectivity index (χ0) is 21.6. The van der Waals surface area contributed by atoms with E-state index in [1.807, 2.05) is 0 Å². The van der Waals surface area contributed by atoms with Gasteiger partial charge in [-0.15, -0.1) is 0 Å². The van der Waals surface area contributed by atoms with Crippen LogP contribution in [-0.4, -0.2) is 45.9 Å². The maximum Gasteiger partial charge on any atom is 0.254 e.